The largest absolute Gasteiger partial charge is 0.801 e. The van der Waals surface area contributed by atoms with Gasteiger partial charge in [0.1, 0.15) is 7.60 Å². The van der Waals surface area contributed by atoms with Gasteiger partial charge in [-0.3, -0.25) is 0 Å². The first-order chi connectivity index (χ1) is 3.71. The summed E-state index contributed by atoms with van der Waals surface area (Å²) in [5, 5.41) is 0. The van der Waals surface area contributed by atoms with Crippen molar-refractivity contribution in [2.45, 2.75) is 0 Å². The summed E-state index contributed by atoms with van der Waals surface area (Å²) in [4.78, 5) is 36.0. The summed E-state index contributed by atoms with van der Waals surface area (Å²) in [6.07, 6.45) is 0. The summed E-state index contributed by atoms with van der Waals surface area (Å²) in [7, 11) is -4.65. The van der Waals surface area contributed by atoms with Crippen molar-refractivity contribution >= 4 is 25.9 Å². The molecule has 2 atom stereocenters. The third-order valence-electron chi connectivity index (χ3n) is 0.357. The molecule has 0 rings (SSSR count). The van der Waals surface area contributed by atoms with Gasteiger partial charge in [0.15, 0.2) is 0 Å². The Morgan fingerprint density at radius 2 is 1.78 bits per heavy atom. The molecule has 0 aliphatic heterocycles. The van der Waals surface area contributed by atoms with E-state index in [9.17, 15) is 14.4 Å². The van der Waals surface area contributed by atoms with E-state index in [4.69, 9.17) is 9.79 Å². The highest BCUT2D eigenvalue weighted by Crippen LogP contribution is 2.46. The minimum Gasteiger partial charge on any atom is -0.801 e. The Kier molecular flexibility index (Phi) is 2.98. The van der Waals surface area contributed by atoms with Crippen LogP contribution in [-0.2, 0) is 16.4 Å². The first kappa shape index (κ1) is 9.72. The summed E-state index contributed by atoms with van der Waals surface area (Å²) in [6, 6.07) is 0. The Hall–Kier alpha value is 0.720. The van der Waals surface area contributed by atoms with Gasteiger partial charge in [-0.2, -0.15) is 0 Å². The molecule has 5 nitrogen and oxygen atoms in total. The third-order valence-corrected chi connectivity index (χ3v) is 4.26. The van der Waals surface area contributed by atoms with Crippen molar-refractivity contribution in [2.75, 3.05) is 5.90 Å². The summed E-state index contributed by atoms with van der Waals surface area (Å²) >= 11 is 3.81. The van der Waals surface area contributed by atoms with Crippen LogP contribution in [0.2, 0.25) is 0 Å². The second-order valence-electron chi connectivity index (χ2n) is 1.42. The monoisotopic (exact) mass is 190 g/mol. The molecular formula is CH4O5P2S-2. The zero-order valence-electron chi connectivity index (χ0n) is 4.13. The normalized spacial score (nSPS) is 24.4. The minimum atomic E-state index is -4.65. The van der Waals surface area contributed by atoms with Crippen molar-refractivity contribution in [3.05, 3.63) is 0 Å². The van der Waals surface area contributed by atoms with Crippen LogP contribution in [0, 0.1) is 0 Å². The fourth-order valence-electron chi connectivity index (χ4n) is 0.226. The van der Waals surface area contributed by atoms with Crippen molar-refractivity contribution in [3.8, 4) is 0 Å². The standard InChI is InChI=1S/CH6O5P2S/c2-7(3,4)1-8(5,6)9/h1H2,(H2,2,3,4)(H2,5,6,9)/p-2. The second kappa shape index (κ2) is 2.76. The minimum absolute atomic E-state index is 1.23. The molecule has 0 aliphatic carbocycles. The van der Waals surface area contributed by atoms with Crippen LogP contribution in [0.3, 0.4) is 0 Å². The first-order valence-corrected chi connectivity index (χ1v) is 6.38. The van der Waals surface area contributed by atoms with E-state index in [0.717, 1.165) is 0 Å². The van der Waals surface area contributed by atoms with Gasteiger partial charge in [0.25, 0.3) is 0 Å². The van der Waals surface area contributed by atoms with Crippen molar-refractivity contribution in [2.24, 2.45) is 0 Å². The van der Waals surface area contributed by atoms with Gasteiger partial charge in [0.05, 0.1) is 5.90 Å². The van der Waals surface area contributed by atoms with E-state index in [-0.39, 0.29) is 0 Å². The molecule has 0 fully saturated rings. The van der Waals surface area contributed by atoms with E-state index >= 15 is 0 Å². The molecule has 9 heavy (non-hydrogen) atoms. The Balaban J connectivity index is 4.07. The lowest BCUT2D eigenvalue weighted by Gasteiger charge is -2.25. The van der Waals surface area contributed by atoms with Gasteiger partial charge in [-0.05, 0) is 6.49 Å². The van der Waals surface area contributed by atoms with Crippen LogP contribution in [0.1, 0.15) is 0 Å². The average Bonchev–Trinajstić information content (AvgIpc) is 1.14. The van der Waals surface area contributed by atoms with Gasteiger partial charge >= 0.3 is 0 Å². The molecule has 2 N–H and O–H groups in total. The molecule has 8 heteroatoms. The molecule has 0 aliphatic rings. The van der Waals surface area contributed by atoms with E-state index in [2.05, 4.69) is 11.8 Å². The first-order valence-electron chi connectivity index (χ1n) is 1.76. The predicted molar refractivity (Wildman–Crippen MR) is 31.2 cm³/mol. The number of hydrogen-bond donors (Lipinski definition) is 2. The van der Waals surface area contributed by atoms with Gasteiger partial charge in [-0.25, -0.2) is 0 Å². The van der Waals surface area contributed by atoms with Crippen LogP contribution in [-0.4, -0.2) is 15.7 Å². The van der Waals surface area contributed by atoms with Crippen molar-refractivity contribution < 1.29 is 24.1 Å². The molecule has 0 spiro atoms. The average molecular weight is 190 g/mol. The van der Waals surface area contributed by atoms with E-state index in [1.807, 2.05) is 0 Å². The van der Waals surface area contributed by atoms with Crippen LogP contribution in [0.4, 0.5) is 0 Å². The third kappa shape index (κ3) is 8.72. The van der Waals surface area contributed by atoms with Crippen LogP contribution in [0.5, 0.6) is 0 Å². The van der Waals surface area contributed by atoms with Gasteiger partial charge in [0, 0.05) is 0 Å². The molecule has 0 aromatic heterocycles. The van der Waals surface area contributed by atoms with Crippen LogP contribution in [0.15, 0.2) is 0 Å². The zero-order chi connectivity index (χ0) is 7.71. The Labute approximate surface area is 56.7 Å². The zero-order valence-corrected chi connectivity index (χ0v) is 6.73. The maximum absolute atomic E-state index is 10.1. The van der Waals surface area contributed by atoms with Gasteiger partial charge in [0.2, 0.25) is 0 Å². The molecule has 0 heterocycles. The van der Waals surface area contributed by atoms with E-state index in [1.54, 1.807) is 0 Å². The van der Waals surface area contributed by atoms with Crippen LogP contribution >= 0.6 is 14.1 Å². The molecule has 0 bridgehead atoms. The topological polar surface area (TPSA) is 104 Å². The van der Waals surface area contributed by atoms with Crippen LogP contribution < -0.4 is 9.79 Å². The highest BCUT2D eigenvalue weighted by atomic mass is 32.5. The van der Waals surface area contributed by atoms with E-state index in [0.29, 0.717) is 0 Å². The van der Waals surface area contributed by atoms with Gasteiger partial charge < -0.3 is 24.1 Å². The highest BCUT2D eigenvalue weighted by molar-refractivity contribution is 8.10. The molecule has 2 unspecified atom stereocenters. The number of rotatable bonds is 2. The summed E-state index contributed by atoms with van der Waals surface area (Å²) in [5.74, 6) is -1.23. The lowest BCUT2D eigenvalue weighted by Crippen LogP contribution is -2.09. The maximum Gasteiger partial charge on any atom is 0.138 e. The summed E-state index contributed by atoms with van der Waals surface area (Å²) < 4.78 is 9.83. The fraction of sp³-hybridized carbons (Fsp3) is 1.00. The number of hydrogen-bond acceptors (Lipinski definition) is 4. The lowest BCUT2D eigenvalue weighted by molar-refractivity contribution is -0.196. The molecule has 0 saturated carbocycles. The summed E-state index contributed by atoms with van der Waals surface area (Å²) in [6.45, 7) is -4.03. The molecule has 56 valence electrons. The van der Waals surface area contributed by atoms with Crippen molar-refractivity contribution in [1.82, 2.24) is 0 Å². The molecule has 0 aromatic carbocycles. The smallest absolute Gasteiger partial charge is 0.138 e. The van der Waals surface area contributed by atoms with Crippen LogP contribution in [0.25, 0.3) is 0 Å². The Morgan fingerprint density at radius 1 is 1.44 bits per heavy atom. The van der Waals surface area contributed by atoms with E-state index in [1.165, 1.54) is 0 Å². The Morgan fingerprint density at radius 3 is 1.78 bits per heavy atom. The molecule has 0 amide bonds. The maximum atomic E-state index is 10.1. The molecule has 0 saturated heterocycles. The quantitative estimate of drug-likeness (QED) is 0.495. The summed E-state index contributed by atoms with van der Waals surface area (Å²) in [5.41, 5.74) is 0. The highest BCUT2D eigenvalue weighted by Gasteiger charge is 2.06. The van der Waals surface area contributed by atoms with Gasteiger partial charge in [-0.15, -0.1) is 0 Å². The lowest BCUT2D eigenvalue weighted by atomic mass is 11.9. The predicted octanol–water partition coefficient (Wildman–Crippen LogP) is -1.85. The Bertz CT molecular complexity index is 155. The molecular weight excluding hydrogens is 186 g/mol. The molecule has 0 radical (unpaired) electrons. The van der Waals surface area contributed by atoms with Crippen molar-refractivity contribution in [3.63, 3.8) is 0 Å². The fourth-order valence-corrected chi connectivity index (χ4v) is 3.35. The van der Waals surface area contributed by atoms with Gasteiger partial charge in [-0.1, -0.05) is 11.8 Å². The molecule has 0 aromatic rings. The SMILES string of the molecule is O=P([O-])(O)CP([O-])(O)=S. The van der Waals surface area contributed by atoms with Crippen molar-refractivity contribution in [1.29, 1.82) is 0 Å². The second-order valence-corrected chi connectivity index (χ2v) is 6.81. The van der Waals surface area contributed by atoms with E-state index < -0.39 is 20.0 Å².